The largest absolute Gasteiger partial charge is 0.507 e. The van der Waals surface area contributed by atoms with E-state index in [2.05, 4.69) is 34.5 Å². The first-order valence-electron chi connectivity index (χ1n) is 14.1. The number of amides is 1. The number of aliphatic hydroxyl groups excluding tert-OH is 1. The Hall–Kier alpha value is -5.07. The number of carbonyl (C=O) groups is 2. The molecule has 1 N–H and O–H groups in total. The zero-order valence-corrected chi connectivity index (χ0v) is 27.0. The van der Waals surface area contributed by atoms with E-state index < -0.39 is 17.7 Å². The molecule has 0 bridgehead atoms. The maximum Gasteiger partial charge on any atom is 0.301 e. The van der Waals surface area contributed by atoms with Crippen molar-refractivity contribution in [1.29, 1.82) is 0 Å². The van der Waals surface area contributed by atoms with Gasteiger partial charge in [0, 0.05) is 11.3 Å². The molecule has 1 aliphatic heterocycles. The zero-order valence-electron chi connectivity index (χ0n) is 25.3. The molecule has 0 saturated carbocycles. The van der Waals surface area contributed by atoms with Crippen molar-refractivity contribution in [2.45, 2.75) is 16.1 Å². The van der Waals surface area contributed by atoms with Crippen molar-refractivity contribution in [2.24, 2.45) is 0 Å². The van der Waals surface area contributed by atoms with E-state index in [1.807, 2.05) is 18.2 Å². The number of thioether (sulfide) groups is 1. The van der Waals surface area contributed by atoms with Gasteiger partial charge in [-0.2, -0.15) is 0 Å². The van der Waals surface area contributed by atoms with Crippen LogP contribution >= 0.6 is 23.1 Å². The molecule has 46 heavy (non-hydrogen) atoms. The van der Waals surface area contributed by atoms with E-state index in [1.54, 1.807) is 36.4 Å². The molecule has 0 aliphatic carbocycles. The molecule has 5 aromatic rings. The number of anilines is 1. The Morgan fingerprint density at radius 2 is 1.50 bits per heavy atom. The van der Waals surface area contributed by atoms with Crippen molar-refractivity contribution >= 4 is 56.5 Å². The molecule has 0 radical (unpaired) electrons. The molecule has 1 aliphatic rings. The number of rotatable bonds is 10. The summed E-state index contributed by atoms with van der Waals surface area (Å²) >= 11 is 2.68. The Morgan fingerprint density at radius 3 is 2.24 bits per heavy atom. The molecule has 6 rings (SSSR count). The fourth-order valence-electron chi connectivity index (χ4n) is 5.42. The van der Waals surface area contributed by atoms with Gasteiger partial charge in [-0.1, -0.05) is 71.6 Å². The van der Waals surface area contributed by atoms with Crippen LogP contribution in [0.1, 0.15) is 22.7 Å². The molecule has 234 valence electrons. The number of nitrogens with zero attached hydrogens (tertiary/aromatic N) is 3. The normalized spacial score (nSPS) is 15.7. The Kier molecular flexibility index (Phi) is 8.82. The van der Waals surface area contributed by atoms with E-state index in [0.717, 1.165) is 16.3 Å². The van der Waals surface area contributed by atoms with Gasteiger partial charge in [-0.25, -0.2) is 0 Å². The third-order valence-corrected chi connectivity index (χ3v) is 9.76. The first kappa shape index (κ1) is 30.9. The SMILES string of the molecule is COc1ccc(/C(O)=C2\C(=O)C(=O)N(c3nnc(SCc4cccc5ccccc45)s3)C2c2ccc(OC)c(OC)c2)cc1OC. The van der Waals surface area contributed by atoms with Gasteiger partial charge in [-0.15, -0.1) is 10.2 Å². The molecular weight excluding hydrogens is 627 g/mol. The number of benzene rings is 4. The molecule has 1 aromatic heterocycles. The second-order valence-electron chi connectivity index (χ2n) is 10.1. The van der Waals surface area contributed by atoms with Crippen LogP contribution in [0.25, 0.3) is 16.5 Å². The molecular formula is C34H29N3O7S2. The van der Waals surface area contributed by atoms with Crippen LogP contribution in [-0.2, 0) is 15.3 Å². The number of hydrogen-bond donors (Lipinski definition) is 1. The number of ketones is 1. The molecule has 1 saturated heterocycles. The van der Waals surface area contributed by atoms with Crippen LogP contribution in [0.2, 0.25) is 0 Å². The lowest BCUT2D eigenvalue weighted by atomic mass is 9.95. The van der Waals surface area contributed by atoms with E-state index in [4.69, 9.17) is 18.9 Å². The first-order valence-corrected chi connectivity index (χ1v) is 15.9. The van der Waals surface area contributed by atoms with Gasteiger partial charge in [0.1, 0.15) is 5.76 Å². The number of ether oxygens (including phenoxy) is 4. The molecule has 1 unspecified atom stereocenters. The smallest absolute Gasteiger partial charge is 0.301 e. The topological polar surface area (TPSA) is 120 Å². The molecule has 0 spiro atoms. The lowest BCUT2D eigenvalue weighted by Gasteiger charge is -2.23. The van der Waals surface area contributed by atoms with Gasteiger partial charge in [0.25, 0.3) is 5.78 Å². The Labute approximate surface area is 273 Å². The second kappa shape index (κ2) is 13.1. The summed E-state index contributed by atoms with van der Waals surface area (Å²) in [4.78, 5) is 28.7. The number of aliphatic hydroxyl groups is 1. The lowest BCUT2D eigenvalue weighted by Crippen LogP contribution is -2.29. The van der Waals surface area contributed by atoms with Crippen LogP contribution in [0.5, 0.6) is 23.0 Å². The Morgan fingerprint density at radius 1 is 0.826 bits per heavy atom. The van der Waals surface area contributed by atoms with Crippen LogP contribution in [-0.4, -0.2) is 55.4 Å². The van der Waals surface area contributed by atoms with Gasteiger partial charge >= 0.3 is 5.91 Å². The third-order valence-electron chi connectivity index (χ3n) is 7.66. The number of carbonyl (C=O) groups excluding carboxylic acids is 2. The van der Waals surface area contributed by atoms with Crippen molar-refractivity contribution in [3.05, 3.63) is 101 Å². The fourth-order valence-corrected chi connectivity index (χ4v) is 7.29. The Bertz CT molecular complexity index is 1990. The number of hydrogen-bond acceptors (Lipinski definition) is 11. The number of aromatic nitrogens is 2. The standard InChI is InChI=1S/C34H29N3O7S2/c1-41-24-14-12-20(16-26(24)43-3)29-28(30(38)21-13-15-25(42-2)27(17-21)44-4)31(39)32(40)37(29)33-35-36-34(46-33)45-18-22-10-7-9-19-8-5-6-11-23(19)22/h5-17,29,38H,18H2,1-4H3/b30-28+. The summed E-state index contributed by atoms with van der Waals surface area (Å²) < 4.78 is 22.3. The molecule has 12 heteroatoms. The second-order valence-corrected chi connectivity index (χ2v) is 12.3. The van der Waals surface area contributed by atoms with Gasteiger partial charge in [0.2, 0.25) is 5.13 Å². The molecule has 1 atom stereocenters. The van der Waals surface area contributed by atoms with E-state index >= 15 is 0 Å². The number of Topliss-reactive ketones (excluding diaryl/α,β-unsaturated/α-hetero) is 1. The number of methoxy groups -OCH3 is 4. The van der Waals surface area contributed by atoms with Crippen molar-refractivity contribution in [1.82, 2.24) is 10.2 Å². The Balaban J connectivity index is 1.41. The van der Waals surface area contributed by atoms with Gasteiger partial charge in [-0.3, -0.25) is 14.5 Å². The summed E-state index contributed by atoms with van der Waals surface area (Å²) in [5.41, 5.74) is 1.79. The molecule has 10 nitrogen and oxygen atoms in total. The lowest BCUT2D eigenvalue weighted by molar-refractivity contribution is -0.132. The molecule has 2 heterocycles. The van der Waals surface area contributed by atoms with E-state index in [-0.39, 0.29) is 22.0 Å². The molecule has 4 aromatic carbocycles. The summed E-state index contributed by atoms with van der Waals surface area (Å²) in [5.74, 6) is 0.186. The van der Waals surface area contributed by atoms with Crippen molar-refractivity contribution in [3.8, 4) is 23.0 Å². The van der Waals surface area contributed by atoms with Crippen LogP contribution in [0, 0.1) is 0 Å². The van der Waals surface area contributed by atoms with Crippen molar-refractivity contribution in [3.63, 3.8) is 0 Å². The third kappa shape index (κ3) is 5.61. The minimum atomic E-state index is -1.04. The summed E-state index contributed by atoms with van der Waals surface area (Å²) in [6.07, 6.45) is 0. The maximum atomic E-state index is 13.7. The van der Waals surface area contributed by atoms with E-state index in [0.29, 0.717) is 38.7 Å². The summed E-state index contributed by atoms with van der Waals surface area (Å²) in [6.45, 7) is 0. The van der Waals surface area contributed by atoms with E-state index in [9.17, 15) is 14.7 Å². The summed E-state index contributed by atoms with van der Waals surface area (Å²) in [6, 6.07) is 23.1. The monoisotopic (exact) mass is 655 g/mol. The van der Waals surface area contributed by atoms with Crippen LogP contribution in [0.4, 0.5) is 5.13 Å². The number of fused-ring (bicyclic) bond motifs is 1. The quantitative estimate of drug-likeness (QED) is 0.0576. The average Bonchev–Trinajstić information content (AvgIpc) is 3.67. The minimum absolute atomic E-state index is 0.121. The highest BCUT2D eigenvalue weighted by molar-refractivity contribution is 8.00. The van der Waals surface area contributed by atoms with Gasteiger partial charge in [0.15, 0.2) is 27.3 Å². The average molecular weight is 656 g/mol. The summed E-state index contributed by atoms with van der Waals surface area (Å²) in [5, 5.41) is 22.8. The predicted molar refractivity (Wildman–Crippen MR) is 177 cm³/mol. The maximum absolute atomic E-state index is 13.7. The van der Waals surface area contributed by atoms with E-state index in [1.165, 1.54) is 56.4 Å². The van der Waals surface area contributed by atoms with Crippen LogP contribution in [0.3, 0.4) is 0 Å². The van der Waals surface area contributed by atoms with Gasteiger partial charge in [-0.05, 0) is 52.2 Å². The fraction of sp³-hybridized carbons (Fsp3) is 0.176. The minimum Gasteiger partial charge on any atom is -0.507 e. The highest BCUT2D eigenvalue weighted by atomic mass is 32.2. The van der Waals surface area contributed by atoms with Crippen molar-refractivity contribution in [2.75, 3.05) is 33.3 Å². The summed E-state index contributed by atoms with van der Waals surface area (Å²) in [7, 11) is 5.97. The van der Waals surface area contributed by atoms with Gasteiger partial charge < -0.3 is 24.1 Å². The predicted octanol–water partition coefficient (Wildman–Crippen LogP) is 6.64. The molecule has 1 amide bonds. The highest BCUT2D eigenvalue weighted by Crippen LogP contribution is 2.46. The first-order chi connectivity index (χ1) is 22.4. The van der Waals surface area contributed by atoms with Gasteiger partial charge in [0.05, 0.1) is 40.1 Å². The van der Waals surface area contributed by atoms with Crippen molar-refractivity contribution < 1.29 is 33.6 Å². The highest BCUT2D eigenvalue weighted by Gasteiger charge is 2.48. The zero-order chi connectivity index (χ0) is 32.4. The van der Waals surface area contributed by atoms with Crippen LogP contribution < -0.4 is 23.8 Å². The molecule has 1 fully saturated rings. The van der Waals surface area contributed by atoms with Crippen LogP contribution in [0.15, 0.2) is 88.8 Å².